The van der Waals surface area contributed by atoms with Gasteiger partial charge in [0.25, 0.3) is 0 Å². The van der Waals surface area contributed by atoms with E-state index in [0.29, 0.717) is 0 Å². The average Bonchev–Trinajstić information content (AvgIpc) is 2.62. The summed E-state index contributed by atoms with van der Waals surface area (Å²) < 4.78 is 10.9. The fraction of sp³-hybridized carbons (Fsp3) is 0.474. The maximum absolute atomic E-state index is 5.54. The predicted molar refractivity (Wildman–Crippen MR) is 94.1 cm³/mol. The Morgan fingerprint density at radius 2 is 1.84 bits per heavy atom. The van der Waals surface area contributed by atoms with Gasteiger partial charge in [0.1, 0.15) is 5.75 Å². The van der Waals surface area contributed by atoms with Crippen molar-refractivity contribution in [2.24, 2.45) is 0 Å². The first-order valence-electron chi connectivity index (χ1n) is 8.44. The summed E-state index contributed by atoms with van der Waals surface area (Å²) in [6.45, 7) is 6.88. The number of nitrogens with zero attached hydrogens (tertiary/aromatic N) is 1. The van der Waals surface area contributed by atoms with Crippen LogP contribution >= 0.6 is 0 Å². The van der Waals surface area contributed by atoms with E-state index in [9.17, 15) is 0 Å². The van der Waals surface area contributed by atoms with Crippen LogP contribution < -0.4 is 34.9 Å². The van der Waals surface area contributed by atoms with Crippen molar-refractivity contribution in [1.29, 1.82) is 0 Å². The Bertz CT molecular complexity index is 634. The molecule has 0 aromatic heterocycles. The molecule has 0 bridgehead atoms. The molecule has 1 aliphatic heterocycles. The molecule has 2 aromatic carbocycles. The molecule has 4 nitrogen and oxygen atoms in total. The Kier molecular flexibility index (Phi) is 10.2. The summed E-state index contributed by atoms with van der Waals surface area (Å²) in [5, 5.41) is 6.10. The minimum atomic E-state index is 0. The Morgan fingerprint density at radius 1 is 1.08 bits per heavy atom. The largest absolute Gasteiger partial charge is 1.00 e. The quantitative estimate of drug-likeness (QED) is 0.506. The van der Waals surface area contributed by atoms with Crippen molar-refractivity contribution >= 4 is 10.8 Å². The second-order valence-electron chi connectivity index (χ2n) is 5.95. The molecular weight excluding hydrogens is 359 g/mol. The highest BCUT2D eigenvalue weighted by molar-refractivity contribution is 5.87. The third-order valence-corrected chi connectivity index (χ3v) is 4.45. The maximum atomic E-state index is 5.54. The first kappa shape index (κ1) is 22.0. The fourth-order valence-corrected chi connectivity index (χ4v) is 3.16. The van der Waals surface area contributed by atoms with Crippen molar-refractivity contribution in [3.8, 4) is 5.75 Å². The number of rotatable bonds is 7. The van der Waals surface area contributed by atoms with E-state index in [4.69, 9.17) is 9.47 Å². The van der Waals surface area contributed by atoms with E-state index in [1.165, 1.54) is 16.3 Å². The summed E-state index contributed by atoms with van der Waals surface area (Å²) in [6, 6.07) is 12.7. The van der Waals surface area contributed by atoms with Crippen LogP contribution in [0.5, 0.6) is 5.75 Å². The molecular formula is C19H26Cl2N2O2-2. The molecule has 2 aromatic rings. The summed E-state index contributed by atoms with van der Waals surface area (Å²) in [7, 11) is 1.74. The third-order valence-electron chi connectivity index (χ3n) is 4.45. The number of benzene rings is 2. The number of nitrogens with one attached hydrogen (secondary N) is 1. The van der Waals surface area contributed by atoms with Crippen LogP contribution in [0.1, 0.15) is 12.0 Å². The lowest BCUT2D eigenvalue weighted by molar-refractivity contribution is -0.00100. The zero-order chi connectivity index (χ0) is 15.9. The van der Waals surface area contributed by atoms with Crippen LogP contribution in [0.15, 0.2) is 36.4 Å². The molecule has 0 saturated carbocycles. The number of ether oxygens (including phenoxy) is 2. The van der Waals surface area contributed by atoms with Gasteiger partial charge in [-0.15, -0.1) is 0 Å². The predicted octanol–water partition coefficient (Wildman–Crippen LogP) is -3.33. The Labute approximate surface area is 162 Å². The van der Waals surface area contributed by atoms with Crippen LogP contribution in [0.2, 0.25) is 0 Å². The van der Waals surface area contributed by atoms with E-state index in [1.54, 1.807) is 7.11 Å². The number of halogens is 2. The van der Waals surface area contributed by atoms with Gasteiger partial charge in [0.05, 0.1) is 20.3 Å². The van der Waals surface area contributed by atoms with Gasteiger partial charge >= 0.3 is 0 Å². The smallest absolute Gasteiger partial charge is 0.123 e. The minimum absolute atomic E-state index is 0. The highest BCUT2D eigenvalue weighted by Gasteiger charge is 2.10. The minimum Gasteiger partial charge on any atom is -1.00 e. The van der Waals surface area contributed by atoms with Crippen LogP contribution in [0, 0.1) is 0 Å². The Morgan fingerprint density at radius 3 is 2.60 bits per heavy atom. The summed E-state index contributed by atoms with van der Waals surface area (Å²) in [4.78, 5) is 2.48. The summed E-state index contributed by atoms with van der Waals surface area (Å²) in [5.74, 6) is 0.962. The van der Waals surface area contributed by atoms with Crippen molar-refractivity contribution in [1.82, 2.24) is 10.2 Å². The zero-order valence-electron chi connectivity index (χ0n) is 14.6. The molecule has 0 spiro atoms. The highest BCUT2D eigenvalue weighted by atomic mass is 35.5. The lowest BCUT2D eigenvalue weighted by Crippen LogP contribution is -3.00. The molecule has 3 rings (SSSR count). The van der Waals surface area contributed by atoms with Crippen molar-refractivity contribution in [3.63, 3.8) is 0 Å². The zero-order valence-corrected chi connectivity index (χ0v) is 16.2. The first-order chi connectivity index (χ1) is 11.4. The summed E-state index contributed by atoms with van der Waals surface area (Å²) >= 11 is 0. The molecule has 1 heterocycles. The van der Waals surface area contributed by atoms with E-state index in [-0.39, 0.29) is 24.8 Å². The Balaban J connectivity index is 0.00000156. The van der Waals surface area contributed by atoms with E-state index in [0.717, 1.165) is 58.1 Å². The van der Waals surface area contributed by atoms with Gasteiger partial charge < -0.3 is 39.6 Å². The van der Waals surface area contributed by atoms with Crippen LogP contribution in [-0.4, -0.2) is 51.4 Å². The Hall–Kier alpha value is -1.04. The second-order valence-corrected chi connectivity index (χ2v) is 5.95. The molecule has 6 heteroatoms. The molecule has 1 aliphatic rings. The molecule has 25 heavy (non-hydrogen) atoms. The molecule has 0 amide bonds. The molecule has 1 fully saturated rings. The average molecular weight is 385 g/mol. The highest BCUT2D eigenvalue weighted by Crippen LogP contribution is 2.27. The standard InChI is InChI=1S/C19H26N2O2.2ClH/c1-22-19-8-7-16-5-2-3-6-17(16)18(19)15-20-9-4-10-21-11-13-23-14-12-21;;/h2-3,5-8,20H,4,9-15H2,1H3;2*1H/p-2. The summed E-state index contributed by atoms with van der Waals surface area (Å²) in [6.07, 6.45) is 1.16. The lowest BCUT2D eigenvalue weighted by atomic mass is 10.0. The molecule has 0 unspecified atom stereocenters. The third kappa shape index (κ3) is 6.01. The monoisotopic (exact) mass is 384 g/mol. The van der Waals surface area contributed by atoms with Crippen LogP contribution in [0.25, 0.3) is 10.8 Å². The number of methoxy groups -OCH3 is 1. The van der Waals surface area contributed by atoms with Gasteiger partial charge in [0, 0.05) is 25.2 Å². The fourth-order valence-electron chi connectivity index (χ4n) is 3.16. The van der Waals surface area contributed by atoms with Crippen molar-refractivity contribution in [3.05, 3.63) is 42.0 Å². The number of hydrogen-bond acceptors (Lipinski definition) is 4. The van der Waals surface area contributed by atoms with Gasteiger partial charge in [-0.3, -0.25) is 4.90 Å². The van der Waals surface area contributed by atoms with E-state index in [1.807, 2.05) is 0 Å². The lowest BCUT2D eigenvalue weighted by Gasteiger charge is -2.26. The molecule has 1 saturated heterocycles. The molecule has 0 atom stereocenters. The first-order valence-corrected chi connectivity index (χ1v) is 8.44. The van der Waals surface area contributed by atoms with Gasteiger partial charge in [-0.1, -0.05) is 30.3 Å². The van der Waals surface area contributed by atoms with Gasteiger partial charge in [0.2, 0.25) is 0 Å². The normalized spacial score (nSPS) is 14.6. The van der Waals surface area contributed by atoms with Crippen LogP contribution in [0.3, 0.4) is 0 Å². The van der Waals surface area contributed by atoms with Crippen molar-refractivity contribution in [2.45, 2.75) is 13.0 Å². The van der Waals surface area contributed by atoms with Gasteiger partial charge in [-0.2, -0.15) is 0 Å². The molecule has 0 radical (unpaired) electrons. The summed E-state index contributed by atoms with van der Waals surface area (Å²) in [5.41, 5.74) is 1.25. The second kappa shape index (κ2) is 11.6. The van der Waals surface area contributed by atoms with Crippen LogP contribution in [-0.2, 0) is 11.3 Å². The number of morpholine rings is 1. The molecule has 1 N–H and O–H groups in total. The van der Waals surface area contributed by atoms with E-state index >= 15 is 0 Å². The van der Waals surface area contributed by atoms with E-state index < -0.39 is 0 Å². The van der Waals surface area contributed by atoms with Crippen molar-refractivity contribution < 1.29 is 34.3 Å². The van der Waals surface area contributed by atoms with Crippen molar-refractivity contribution in [2.75, 3.05) is 46.5 Å². The van der Waals surface area contributed by atoms with E-state index in [2.05, 4.69) is 46.6 Å². The van der Waals surface area contributed by atoms with Gasteiger partial charge in [0.15, 0.2) is 0 Å². The topological polar surface area (TPSA) is 33.7 Å². The molecule has 0 aliphatic carbocycles. The van der Waals surface area contributed by atoms with Gasteiger partial charge in [-0.25, -0.2) is 0 Å². The van der Waals surface area contributed by atoms with Gasteiger partial charge in [-0.05, 0) is 36.3 Å². The molecule has 140 valence electrons. The van der Waals surface area contributed by atoms with Crippen LogP contribution in [0.4, 0.5) is 0 Å². The SMILES string of the molecule is COc1ccc2ccccc2c1CNCCCN1CCOCC1.[Cl-].[Cl-]. The number of fused-ring (bicyclic) bond motifs is 1. The maximum Gasteiger partial charge on any atom is 0.123 e. The number of hydrogen-bond donors (Lipinski definition) is 1.